The quantitative estimate of drug-likeness (QED) is 0.837. The van der Waals surface area contributed by atoms with Crippen molar-refractivity contribution in [1.82, 2.24) is 15.1 Å². The van der Waals surface area contributed by atoms with Gasteiger partial charge in [0, 0.05) is 25.0 Å². The van der Waals surface area contributed by atoms with Gasteiger partial charge in [-0.2, -0.15) is 5.10 Å². The molecule has 2 atom stereocenters. The van der Waals surface area contributed by atoms with Crippen LogP contribution in [-0.2, 0) is 13.5 Å². The standard InChI is InChI=1S/C17H25N3/c1-4-18-17(15-8-6-5-7-9-15)14(2)10-11-16-12-13-19-20(16)3/h5-9,12-14,17-18H,4,10-11H2,1-3H3. The summed E-state index contributed by atoms with van der Waals surface area (Å²) < 4.78 is 1.97. The Morgan fingerprint density at radius 1 is 1.20 bits per heavy atom. The lowest BCUT2D eigenvalue weighted by Gasteiger charge is -2.25. The second-order valence-electron chi connectivity index (χ2n) is 5.41. The molecule has 0 bridgehead atoms. The van der Waals surface area contributed by atoms with Gasteiger partial charge >= 0.3 is 0 Å². The third kappa shape index (κ3) is 3.70. The van der Waals surface area contributed by atoms with E-state index in [-0.39, 0.29) is 0 Å². The maximum atomic E-state index is 4.23. The second kappa shape index (κ2) is 7.25. The largest absolute Gasteiger partial charge is 0.310 e. The van der Waals surface area contributed by atoms with Gasteiger partial charge in [-0.1, -0.05) is 44.2 Å². The maximum Gasteiger partial charge on any atom is 0.0492 e. The highest BCUT2D eigenvalue weighted by molar-refractivity contribution is 5.19. The molecule has 1 aromatic carbocycles. The molecule has 108 valence electrons. The van der Waals surface area contributed by atoms with E-state index in [4.69, 9.17) is 0 Å². The van der Waals surface area contributed by atoms with Gasteiger partial charge in [-0.15, -0.1) is 0 Å². The van der Waals surface area contributed by atoms with Crippen molar-refractivity contribution >= 4 is 0 Å². The normalized spacial score (nSPS) is 14.2. The number of aromatic nitrogens is 2. The van der Waals surface area contributed by atoms with Crippen LogP contribution in [-0.4, -0.2) is 16.3 Å². The number of benzene rings is 1. The molecule has 2 aromatic rings. The van der Waals surface area contributed by atoms with Crippen LogP contribution < -0.4 is 5.32 Å². The number of hydrogen-bond acceptors (Lipinski definition) is 2. The van der Waals surface area contributed by atoms with Crippen LogP contribution in [0.25, 0.3) is 0 Å². The summed E-state index contributed by atoms with van der Waals surface area (Å²) in [5.41, 5.74) is 2.69. The van der Waals surface area contributed by atoms with Crippen molar-refractivity contribution in [2.45, 2.75) is 32.7 Å². The molecule has 1 N–H and O–H groups in total. The Morgan fingerprint density at radius 3 is 2.55 bits per heavy atom. The van der Waals surface area contributed by atoms with Crippen LogP contribution in [0.2, 0.25) is 0 Å². The van der Waals surface area contributed by atoms with Crippen molar-refractivity contribution in [3.05, 3.63) is 53.9 Å². The molecule has 0 aliphatic carbocycles. The molecule has 0 fully saturated rings. The minimum atomic E-state index is 0.425. The van der Waals surface area contributed by atoms with Gasteiger partial charge in [0.15, 0.2) is 0 Å². The van der Waals surface area contributed by atoms with Crippen LogP contribution in [0.15, 0.2) is 42.6 Å². The molecule has 0 spiro atoms. The molecule has 2 rings (SSSR count). The second-order valence-corrected chi connectivity index (χ2v) is 5.41. The third-order valence-corrected chi connectivity index (χ3v) is 3.93. The van der Waals surface area contributed by atoms with E-state index in [2.05, 4.69) is 60.7 Å². The Morgan fingerprint density at radius 2 is 1.95 bits per heavy atom. The number of nitrogens with one attached hydrogen (secondary N) is 1. The Kier molecular flexibility index (Phi) is 5.36. The molecular formula is C17H25N3. The molecule has 3 nitrogen and oxygen atoms in total. The summed E-state index contributed by atoms with van der Waals surface area (Å²) in [5, 5.41) is 7.86. The fraction of sp³-hybridized carbons (Fsp3) is 0.471. The summed E-state index contributed by atoms with van der Waals surface area (Å²) >= 11 is 0. The number of rotatable bonds is 7. The molecule has 0 radical (unpaired) electrons. The molecule has 20 heavy (non-hydrogen) atoms. The smallest absolute Gasteiger partial charge is 0.0492 e. The molecule has 0 amide bonds. The van der Waals surface area contributed by atoms with Gasteiger partial charge in [0.1, 0.15) is 0 Å². The van der Waals surface area contributed by atoms with Crippen LogP contribution in [0, 0.1) is 5.92 Å². The van der Waals surface area contributed by atoms with E-state index in [1.165, 1.54) is 11.3 Å². The van der Waals surface area contributed by atoms with Gasteiger partial charge in [-0.3, -0.25) is 4.68 Å². The monoisotopic (exact) mass is 271 g/mol. The van der Waals surface area contributed by atoms with Crippen LogP contribution >= 0.6 is 0 Å². The fourth-order valence-corrected chi connectivity index (χ4v) is 2.72. The van der Waals surface area contributed by atoms with Crippen molar-refractivity contribution in [1.29, 1.82) is 0 Å². The molecular weight excluding hydrogens is 246 g/mol. The summed E-state index contributed by atoms with van der Waals surface area (Å²) in [6, 6.07) is 13.3. The average molecular weight is 271 g/mol. The minimum absolute atomic E-state index is 0.425. The molecule has 0 saturated carbocycles. The Hall–Kier alpha value is -1.61. The number of nitrogens with zero attached hydrogens (tertiary/aromatic N) is 2. The predicted octanol–water partition coefficient (Wildman–Crippen LogP) is 3.34. The predicted molar refractivity (Wildman–Crippen MR) is 83.6 cm³/mol. The molecule has 0 saturated heterocycles. The van der Waals surface area contributed by atoms with Gasteiger partial charge in [0.25, 0.3) is 0 Å². The Labute approximate surface area is 122 Å². The summed E-state index contributed by atoms with van der Waals surface area (Å²) in [4.78, 5) is 0. The Bertz CT molecular complexity index is 504. The van der Waals surface area contributed by atoms with E-state index in [1.807, 2.05) is 17.9 Å². The first-order chi connectivity index (χ1) is 9.72. The summed E-state index contributed by atoms with van der Waals surface area (Å²) in [6.45, 7) is 5.50. The summed E-state index contributed by atoms with van der Waals surface area (Å²) in [5.74, 6) is 0.590. The minimum Gasteiger partial charge on any atom is -0.310 e. The SMILES string of the molecule is CCNC(c1ccccc1)C(C)CCc1ccnn1C. The van der Waals surface area contributed by atoms with Crippen molar-refractivity contribution in [2.24, 2.45) is 13.0 Å². The van der Waals surface area contributed by atoms with Crippen LogP contribution in [0.4, 0.5) is 0 Å². The van der Waals surface area contributed by atoms with Crippen molar-refractivity contribution in [3.8, 4) is 0 Å². The molecule has 2 unspecified atom stereocenters. The lowest BCUT2D eigenvalue weighted by atomic mass is 9.90. The zero-order valence-corrected chi connectivity index (χ0v) is 12.7. The van der Waals surface area contributed by atoms with Gasteiger partial charge in [0.05, 0.1) is 0 Å². The Balaban J connectivity index is 2.00. The highest BCUT2D eigenvalue weighted by atomic mass is 15.2. The van der Waals surface area contributed by atoms with Crippen molar-refractivity contribution < 1.29 is 0 Å². The number of hydrogen-bond donors (Lipinski definition) is 1. The third-order valence-electron chi connectivity index (χ3n) is 3.93. The van der Waals surface area contributed by atoms with E-state index < -0.39 is 0 Å². The lowest BCUT2D eigenvalue weighted by molar-refractivity contribution is 0.369. The van der Waals surface area contributed by atoms with E-state index in [1.54, 1.807) is 0 Å². The summed E-state index contributed by atoms with van der Waals surface area (Å²) in [6.07, 6.45) is 4.11. The van der Waals surface area contributed by atoms with Gasteiger partial charge in [-0.05, 0) is 36.9 Å². The zero-order chi connectivity index (χ0) is 14.4. The molecule has 1 heterocycles. The topological polar surface area (TPSA) is 29.9 Å². The first kappa shape index (κ1) is 14.8. The number of aryl methyl sites for hydroxylation is 2. The van der Waals surface area contributed by atoms with Crippen LogP contribution in [0.1, 0.15) is 37.6 Å². The first-order valence-corrected chi connectivity index (χ1v) is 7.47. The van der Waals surface area contributed by atoms with Crippen molar-refractivity contribution in [2.75, 3.05) is 6.54 Å². The summed E-state index contributed by atoms with van der Waals surface area (Å²) in [7, 11) is 2.01. The molecule has 0 aliphatic rings. The highest BCUT2D eigenvalue weighted by Gasteiger charge is 2.18. The van der Waals surface area contributed by atoms with Gasteiger partial charge in [0.2, 0.25) is 0 Å². The first-order valence-electron chi connectivity index (χ1n) is 7.47. The molecule has 3 heteroatoms. The fourth-order valence-electron chi connectivity index (χ4n) is 2.72. The van der Waals surface area contributed by atoms with Crippen LogP contribution in [0.5, 0.6) is 0 Å². The van der Waals surface area contributed by atoms with Gasteiger partial charge in [-0.25, -0.2) is 0 Å². The van der Waals surface area contributed by atoms with E-state index in [0.29, 0.717) is 12.0 Å². The van der Waals surface area contributed by atoms with E-state index in [9.17, 15) is 0 Å². The van der Waals surface area contributed by atoms with E-state index in [0.717, 1.165) is 19.4 Å². The van der Waals surface area contributed by atoms with Crippen molar-refractivity contribution in [3.63, 3.8) is 0 Å². The molecule has 1 aromatic heterocycles. The van der Waals surface area contributed by atoms with Gasteiger partial charge < -0.3 is 5.32 Å². The average Bonchev–Trinajstić information content (AvgIpc) is 2.88. The maximum absolute atomic E-state index is 4.23. The van der Waals surface area contributed by atoms with Crippen LogP contribution in [0.3, 0.4) is 0 Å². The lowest BCUT2D eigenvalue weighted by Crippen LogP contribution is -2.27. The van der Waals surface area contributed by atoms with E-state index >= 15 is 0 Å². The highest BCUT2D eigenvalue weighted by Crippen LogP contribution is 2.25. The zero-order valence-electron chi connectivity index (χ0n) is 12.7. The molecule has 0 aliphatic heterocycles.